The highest BCUT2D eigenvalue weighted by atomic mass is 32.1. The van der Waals surface area contributed by atoms with Crippen molar-refractivity contribution in [2.45, 2.75) is 20.0 Å². The van der Waals surface area contributed by atoms with E-state index in [1.807, 2.05) is 54.8 Å². The lowest BCUT2D eigenvalue weighted by atomic mass is 10.3. The van der Waals surface area contributed by atoms with Crippen molar-refractivity contribution in [3.8, 4) is 10.7 Å². The van der Waals surface area contributed by atoms with E-state index in [2.05, 4.69) is 9.97 Å². The third-order valence-electron chi connectivity index (χ3n) is 4.02. The van der Waals surface area contributed by atoms with Crippen molar-refractivity contribution < 1.29 is 9.21 Å². The first-order valence-corrected chi connectivity index (χ1v) is 10.1. The Morgan fingerprint density at radius 3 is 2.78 bits per heavy atom. The average molecular weight is 396 g/mol. The average Bonchev–Trinajstić information content (AvgIpc) is 3.44. The van der Waals surface area contributed by atoms with E-state index >= 15 is 0 Å². The summed E-state index contributed by atoms with van der Waals surface area (Å²) < 4.78 is 5.46. The van der Waals surface area contributed by atoms with Crippen molar-refractivity contribution in [1.29, 1.82) is 0 Å². The van der Waals surface area contributed by atoms with E-state index in [-0.39, 0.29) is 5.91 Å². The normalized spacial score (nSPS) is 10.9. The molecule has 0 aliphatic rings. The monoisotopic (exact) mass is 395 g/mol. The second-order valence-electron chi connectivity index (χ2n) is 5.97. The van der Waals surface area contributed by atoms with Gasteiger partial charge in [0.15, 0.2) is 0 Å². The van der Waals surface area contributed by atoms with Crippen LogP contribution in [0.15, 0.2) is 64.7 Å². The van der Waals surface area contributed by atoms with Crippen LogP contribution in [0.3, 0.4) is 0 Å². The number of carbonyl (C=O) groups excluding carboxylic acids is 1. The van der Waals surface area contributed by atoms with Crippen LogP contribution < -0.4 is 0 Å². The molecule has 27 heavy (non-hydrogen) atoms. The lowest BCUT2D eigenvalue weighted by Crippen LogP contribution is -2.29. The molecule has 136 valence electrons. The van der Waals surface area contributed by atoms with Crippen LogP contribution in [-0.2, 0) is 13.1 Å². The first kappa shape index (κ1) is 17.6. The van der Waals surface area contributed by atoms with Gasteiger partial charge < -0.3 is 9.32 Å². The smallest absolute Gasteiger partial charge is 0.266 e. The van der Waals surface area contributed by atoms with E-state index in [4.69, 9.17) is 4.42 Å². The minimum atomic E-state index is -0.0445. The van der Waals surface area contributed by atoms with Crippen molar-refractivity contribution in [2.24, 2.45) is 0 Å². The summed E-state index contributed by atoms with van der Waals surface area (Å²) in [7, 11) is 0. The van der Waals surface area contributed by atoms with Gasteiger partial charge in [0.1, 0.15) is 15.6 Å². The van der Waals surface area contributed by atoms with Crippen LogP contribution in [-0.4, -0.2) is 20.8 Å². The summed E-state index contributed by atoms with van der Waals surface area (Å²) in [6, 6.07) is 13.4. The van der Waals surface area contributed by atoms with Gasteiger partial charge in [-0.1, -0.05) is 12.1 Å². The zero-order valence-corrected chi connectivity index (χ0v) is 16.3. The Labute approximate surface area is 164 Å². The molecule has 4 rings (SSSR count). The Bertz CT molecular complexity index is 973. The molecule has 4 heterocycles. The number of carbonyl (C=O) groups is 1. The van der Waals surface area contributed by atoms with Gasteiger partial charge in [0, 0.05) is 11.1 Å². The van der Waals surface area contributed by atoms with Crippen molar-refractivity contribution in [2.75, 3.05) is 0 Å². The van der Waals surface area contributed by atoms with Gasteiger partial charge in [0.2, 0.25) is 0 Å². The van der Waals surface area contributed by atoms with Crippen LogP contribution in [0.4, 0.5) is 0 Å². The molecule has 0 atom stereocenters. The zero-order chi connectivity index (χ0) is 18.6. The Hall–Kier alpha value is -2.77. The third kappa shape index (κ3) is 3.99. The van der Waals surface area contributed by atoms with Gasteiger partial charge in [-0.15, -0.1) is 22.7 Å². The summed E-state index contributed by atoms with van der Waals surface area (Å²) in [6.45, 7) is 2.82. The fourth-order valence-corrected chi connectivity index (χ4v) is 4.45. The maximum absolute atomic E-state index is 13.3. The van der Waals surface area contributed by atoms with Crippen LogP contribution in [0, 0.1) is 6.92 Å². The first-order valence-electron chi connectivity index (χ1n) is 8.43. The minimum absolute atomic E-state index is 0.0445. The highest BCUT2D eigenvalue weighted by Gasteiger charge is 2.23. The summed E-state index contributed by atoms with van der Waals surface area (Å²) in [5, 5.41) is 2.77. The number of rotatable bonds is 6. The first-order chi connectivity index (χ1) is 13.2. The Morgan fingerprint density at radius 2 is 2.07 bits per heavy atom. The minimum Gasteiger partial charge on any atom is -0.467 e. The maximum Gasteiger partial charge on any atom is 0.266 e. The number of pyridine rings is 1. The van der Waals surface area contributed by atoms with Gasteiger partial charge in [-0.2, -0.15) is 0 Å². The van der Waals surface area contributed by atoms with Crippen molar-refractivity contribution in [1.82, 2.24) is 14.9 Å². The molecule has 0 unspecified atom stereocenters. The third-order valence-corrected chi connectivity index (χ3v) is 6.04. The van der Waals surface area contributed by atoms with Crippen LogP contribution >= 0.6 is 22.7 Å². The summed E-state index contributed by atoms with van der Waals surface area (Å²) in [5.41, 5.74) is 1.50. The van der Waals surface area contributed by atoms with Gasteiger partial charge in [-0.05, 0) is 42.6 Å². The molecular weight excluding hydrogens is 378 g/mol. The van der Waals surface area contributed by atoms with E-state index in [1.54, 1.807) is 28.7 Å². The van der Waals surface area contributed by atoms with E-state index in [9.17, 15) is 4.79 Å². The number of aryl methyl sites for hydroxylation is 1. The van der Waals surface area contributed by atoms with Gasteiger partial charge >= 0.3 is 0 Å². The molecule has 7 heteroatoms. The second-order valence-corrected chi connectivity index (χ2v) is 8.00. The highest BCUT2D eigenvalue weighted by molar-refractivity contribution is 7.17. The molecule has 0 saturated carbocycles. The fourth-order valence-electron chi connectivity index (χ4n) is 2.72. The molecule has 4 aromatic rings. The highest BCUT2D eigenvalue weighted by Crippen LogP contribution is 2.28. The quantitative estimate of drug-likeness (QED) is 0.460. The van der Waals surface area contributed by atoms with Crippen molar-refractivity contribution in [3.63, 3.8) is 0 Å². The second kappa shape index (κ2) is 7.85. The predicted octanol–water partition coefficient (Wildman–Crippen LogP) is 5.01. The van der Waals surface area contributed by atoms with Crippen molar-refractivity contribution in [3.05, 3.63) is 81.5 Å². The van der Waals surface area contributed by atoms with Crippen LogP contribution in [0.25, 0.3) is 10.7 Å². The predicted molar refractivity (Wildman–Crippen MR) is 107 cm³/mol. The van der Waals surface area contributed by atoms with Gasteiger partial charge in [0.05, 0.1) is 30.7 Å². The number of nitrogens with zero attached hydrogens (tertiary/aromatic N) is 3. The Morgan fingerprint density at radius 1 is 1.15 bits per heavy atom. The van der Waals surface area contributed by atoms with Crippen LogP contribution in [0.5, 0.6) is 0 Å². The molecule has 0 aromatic carbocycles. The van der Waals surface area contributed by atoms with E-state index in [0.29, 0.717) is 18.0 Å². The summed E-state index contributed by atoms with van der Waals surface area (Å²) >= 11 is 3.02. The molecular formula is C20H17N3O2S2. The molecule has 0 bridgehead atoms. The number of amides is 1. The molecule has 0 fully saturated rings. The van der Waals surface area contributed by atoms with Gasteiger partial charge in [-0.3, -0.25) is 9.78 Å². The van der Waals surface area contributed by atoms with Gasteiger partial charge in [0.25, 0.3) is 5.91 Å². The maximum atomic E-state index is 13.3. The van der Waals surface area contributed by atoms with E-state index in [1.165, 1.54) is 11.3 Å². The number of furan rings is 1. The van der Waals surface area contributed by atoms with Crippen molar-refractivity contribution >= 4 is 28.6 Å². The molecule has 0 radical (unpaired) electrons. The fraction of sp³-hybridized carbons (Fsp3) is 0.150. The number of hydrogen-bond acceptors (Lipinski definition) is 6. The Kier molecular flexibility index (Phi) is 5.13. The molecule has 0 spiro atoms. The molecule has 5 nitrogen and oxygen atoms in total. The topological polar surface area (TPSA) is 59.2 Å². The molecule has 0 aliphatic carbocycles. The lowest BCUT2D eigenvalue weighted by molar-refractivity contribution is 0.0723. The molecule has 1 amide bonds. The molecule has 0 aliphatic heterocycles. The standard InChI is InChI=1S/C20H17N3O2S2/c1-14-18(27-19(22-14)17-8-2-3-9-21-17)20(24)23(12-15-6-4-10-25-15)13-16-7-5-11-26-16/h2-11H,12-13H2,1H3. The lowest BCUT2D eigenvalue weighted by Gasteiger charge is -2.20. The Balaban J connectivity index is 1.63. The van der Waals surface area contributed by atoms with E-state index in [0.717, 1.165) is 27.0 Å². The SMILES string of the molecule is Cc1nc(-c2ccccn2)sc1C(=O)N(Cc1ccco1)Cc1cccs1. The number of aromatic nitrogens is 2. The zero-order valence-electron chi connectivity index (χ0n) is 14.7. The number of thiazole rings is 1. The van der Waals surface area contributed by atoms with Crippen LogP contribution in [0.1, 0.15) is 26.0 Å². The van der Waals surface area contributed by atoms with Gasteiger partial charge in [-0.25, -0.2) is 4.98 Å². The van der Waals surface area contributed by atoms with E-state index < -0.39 is 0 Å². The van der Waals surface area contributed by atoms with Crippen LogP contribution in [0.2, 0.25) is 0 Å². The largest absolute Gasteiger partial charge is 0.467 e. The number of thiophene rings is 1. The summed E-state index contributed by atoms with van der Waals surface area (Å²) in [6.07, 6.45) is 3.35. The molecule has 4 aromatic heterocycles. The number of hydrogen-bond donors (Lipinski definition) is 0. The summed E-state index contributed by atoms with van der Waals surface area (Å²) in [4.78, 5) is 25.8. The summed E-state index contributed by atoms with van der Waals surface area (Å²) in [5.74, 6) is 0.712. The molecule has 0 saturated heterocycles. The molecule has 0 N–H and O–H groups in total.